The molecule has 3 unspecified atom stereocenters. The van der Waals surface area contributed by atoms with Crippen molar-refractivity contribution in [2.75, 3.05) is 11.6 Å². The second kappa shape index (κ2) is 5.63. The van der Waals surface area contributed by atoms with E-state index in [1.807, 2.05) is 0 Å². The molecule has 1 aliphatic carbocycles. The molecule has 1 N–H and O–H groups in total. The van der Waals surface area contributed by atoms with E-state index in [2.05, 4.69) is 19.2 Å². The van der Waals surface area contributed by atoms with Gasteiger partial charge in [0.1, 0.15) is 10.6 Å². The molecule has 0 spiro atoms. The van der Waals surface area contributed by atoms with Crippen molar-refractivity contribution in [3.05, 3.63) is 28.3 Å². The molecule has 0 aliphatic heterocycles. The van der Waals surface area contributed by atoms with Gasteiger partial charge in [0.15, 0.2) is 9.84 Å². The lowest BCUT2D eigenvalue weighted by molar-refractivity contribution is -0.386. The summed E-state index contributed by atoms with van der Waals surface area (Å²) in [6.45, 7) is 4.27. The molecule has 6 nitrogen and oxygen atoms in total. The Bertz CT molecular complexity index is 657. The van der Waals surface area contributed by atoms with Crippen molar-refractivity contribution < 1.29 is 13.3 Å². The van der Waals surface area contributed by atoms with Crippen molar-refractivity contribution in [1.82, 2.24) is 0 Å². The molecule has 0 bridgehead atoms. The fourth-order valence-electron chi connectivity index (χ4n) is 2.89. The number of nitro benzene ring substituents is 1. The maximum atomic E-state index is 11.7. The first kappa shape index (κ1) is 15.8. The third-order valence-corrected chi connectivity index (χ3v) is 5.52. The van der Waals surface area contributed by atoms with Crippen molar-refractivity contribution in [2.45, 2.75) is 37.6 Å². The zero-order chi connectivity index (χ0) is 15.8. The Hall–Kier alpha value is -1.63. The summed E-state index contributed by atoms with van der Waals surface area (Å²) in [5.74, 6) is 0.950. The molecule has 1 saturated carbocycles. The average Bonchev–Trinajstić information content (AvgIpc) is 2.69. The third kappa shape index (κ3) is 3.18. The van der Waals surface area contributed by atoms with Crippen molar-refractivity contribution in [3.63, 3.8) is 0 Å². The zero-order valence-corrected chi connectivity index (χ0v) is 13.2. The van der Waals surface area contributed by atoms with Gasteiger partial charge in [0.25, 0.3) is 0 Å². The Morgan fingerprint density at radius 3 is 2.43 bits per heavy atom. The maximum Gasteiger partial charge on any atom is 0.310 e. The van der Waals surface area contributed by atoms with Crippen LogP contribution in [0.15, 0.2) is 23.1 Å². The second-order valence-electron chi connectivity index (χ2n) is 5.85. The molecule has 1 aliphatic rings. The summed E-state index contributed by atoms with van der Waals surface area (Å²) in [5, 5.41) is 14.5. The Balaban J connectivity index is 2.43. The molecule has 1 aromatic rings. The van der Waals surface area contributed by atoms with Crippen LogP contribution < -0.4 is 5.32 Å². The highest BCUT2D eigenvalue weighted by Crippen LogP contribution is 2.37. The summed E-state index contributed by atoms with van der Waals surface area (Å²) in [6, 6.07) is 4.52. The van der Waals surface area contributed by atoms with E-state index in [-0.39, 0.29) is 22.3 Å². The predicted molar refractivity (Wildman–Crippen MR) is 81.2 cm³/mol. The van der Waals surface area contributed by atoms with Crippen molar-refractivity contribution in [2.24, 2.45) is 11.8 Å². The zero-order valence-electron chi connectivity index (χ0n) is 12.4. The topological polar surface area (TPSA) is 89.3 Å². The van der Waals surface area contributed by atoms with E-state index >= 15 is 0 Å². The van der Waals surface area contributed by atoms with Gasteiger partial charge in [0, 0.05) is 12.3 Å². The molecule has 0 heterocycles. The van der Waals surface area contributed by atoms with Crippen LogP contribution >= 0.6 is 0 Å². The lowest BCUT2D eigenvalue weighted by atomic mass is 9.97. The molecule has 1 aromatic carbocycles. The normalized spacial score (nSPS) is 25.8. The summed E-state index contributed by atoms with van der Waals surface area (Å²) in [4.78, 5) is 10.4. The van der Waals surface area contributed by atoms with Gasteiger partial charge < -0.3 is 5.32 Å². The van der Waals surface area contributed by atoms with E-state index in [4.69, 9.17) is 0 Å². The molecular weight excluding hydrogens is 292 g/mol. The fraction of sp³-hybridized carbons (Fsp3) is 0.571. The number of para-hydroxylation sites is 1. The van der Waals surface area contributed by atoms with Crippen LogP contribution in [0.4, 0.5) is 11.4 Å². The minimum atomic E-state index is -3.64. The van der Waals surface area contributed by atoms with Crippen LogP contribution in [0.1, 0.15) is 26.7 Å². The molecule has 0 aromatic heterocycles. The van der Waals surface area contributed by atoms with Crippen LogP contribution in [0.5, 0.6) is 0 Å². The van der Waals surface area contributed by atoms with Gasteiger partial charge in [-0.2, -0.15) is 0 Å². The summed E-state index contributed by atoms with van der Waals surface area (Å²) in [5.41, 5.74) is -0.0689. The number of anilines is 1. The van der Waals surface area contributed by atoms with E-state index in [1.165, 1.54) is 12.1 Å². The summed E-state index contributed by atoms with van der Waals surface area (Å²) >= 11 is 0. The average molecular weight is 312 g/mol. The van der Waals surface area contributed by atoms with Crippen LogP contribution in [0.3, 0.4) is 0 Å². The molecule has 0 saturated heterocycles. The number of nitro groups is 1. The van der Waals surface area contributed by atoms with Gasteiger partial charge in [0.05, 0.1) is 4.92 Å². The molecular formula is C14H20N2O4S. The van der Waals surface area contributed by atoms with E-state index in [0.717, 1.165) is 19.1 Å². The Labute approximate surface area is 124 Å². The van der Waals surface area contributed by atoms with Crippen LogP contribution in [-0.2, 0) is 9.84 Å². The van der Waals surface area contributed by atoms with E-state index in [0.29, 0.717) is 11.8 Å². The lowest BCUT2D eigenvalue weighted by Crippen LogP contribution is -2.24. The van der Waals surface area contributed by atoms with Crippen molar-refractivity contribution in [3.8, 4) is 0 Å². The molecule has 116 valence electrons. The van der Waals surface area contributed by atoms with Gasteiger partial charge in [-0.05, 0) is 36.8 Å². The molecule has 7 heteroatoms. The quantitative estimate of drug-likeness (QED) is 0.682. The SMILES string of the molecule is CC1CCC(Nc2cccc(S(C)(=O)=O)c2[N+](=O)[O-])C1C. The standard InChI is InChI=1S/C14H20N2O4S/c1-9-7-8-11(10(9)2)15-12-5-4-6-13(21(3,19)20)14(12)16(17)18/h4-6,9-11,15H,7-8H2,1-3H3. The highest BCUT2D eigenvalue weighted by Gasteiger charge is 2.32. The van der Waals surface area contributed by atoms with E-state index < -0.39 is 14.8 Å². The first-order chi connectivity index (χ1) is 9.71. The maximum absolute atomic E-state index is 11.7. The lowest BCUT2D eigenvalue weighted by Gasteiger charge is -2.21. The first-order valence-corrected chi connectivity index (χ1v) is 8.85. The van der Waals surface area contributed by atoms with E-state index in [1.54, 1.807) is 6.07 Å². The molecule has 1 fully saturated rings. The predicted octanol–water partition coefficient (Wildman–Crippen LogP) is 2.84. The minimum absolute atomic E-state index is 0.133. The van der Waals surface area contributed by atoms with Crippen LogP contribution in [0.25, 0.3) is 0 Å². The van der Waals surface area contributed by atoms with Gasteiger partial charge in [-0.3, -0.25) is 10.1 Å². The smallest absolute Gasteiger partial charge is 0.310 e. The number of nitrogens with one attached hydrogen (secondary N) is 1. The van der Waals surface area contributed by atoms with Crippen molar-refractivity contribution >= 4 is 21.2 Å². The van der Waals surface area contributed by atoms with Crippen molar-refractivity contribution in [1.29, 1.82) is 0 Å². The Kier molecular flexibility index (Phi) is 4.22. The van der Waals surface area contributed by atoms with Gasteiger partial charge in [-0.15, -0.1) is 0 Å². The summed E-state index contributed by atoms with van der Waals surface area (Å²) in [6.07, 6.45) is 2.99. The number of benzene rings is 1. The molecule has 0 radical (unpaired) electrons. The summed E-state index contributed by atoms with van der Waals surface area (Å²) < 4.78 is 23.5. The molecule has 0 amide bonds. The Morgan fingerprint density at radius 1 is 1.29 bits per heavy atom. The monoisotopic (exact) mass is 312 g/mol. The van der Waals surface area contributed by atoms with Gasteiger partial charge in [-0.1, -0.05) is 19.9 Å². The third-order valence-electron chi connectivity index (χ3n) is 4.39. The number of sulfone groups is 1. The summed E-state index contributed by atoms with van der Waals surface area (Å²) in [7, 11) is -3.64. The van der Waals surface area contributed by atoms with Crippen LogP contribution in [-0.4, -0.2) is 25.6 Å². The largest absolute Gasteiger partial charge is 0.376 e. The Morgan fingerprint density at radius 2 is 1.95 bits per heavy atom. The molecule has 2 rings (SSSR count). The first-order valence-electron chi connectivity index (χ1n) is 6.96. The van der Waals surface area contributed by atoms with Gasteiger partial charge in [-0.25, -0.2) is 8.42 Å². The number of hydrogen-bond donors (Lipinski definition) is 1. The molecule has 3 atom stereocenters. The molecule has 21 heavy (non-hydrogen) atoms. The van der Waals surface area contributed by atoms with Crippen LogP contribution in [0.2, 0.25) is 0 Å². The minimum Gasteiger partial charge on any atom is -0.376 e. The fourth-order valence-corrected chi connectivity index (χ4v) is 3.76. The van der Waals surface area contributed by atoms with Gasteiger partial charge >= 0.3 is 5.69 Å². The van der Waals surface area contributed by atoms with Gasteiger partial charge in [0.2, 0.25) is 0 Å². The highest BCUT2D eigenvalue weighted by atomic mass is 32.2. The number of hydrogen-bond acceptors (Lipinski definition) is 5. The van der Waals surface area contributed by atoms with E-state index in [9.17, 15) is 18.5 Å². The second-order valence-corrected chi connectivity index (χ2v) is 7.83. The number of rotatable bonds is 4. The van der Waals surface area contributed by atoms with Crippen LogP contribution in [0, 0.1) is 22.0 Å². The number of nitrogens with zero attached hydrogens (tertiary/aromatic N) is 1. The highest BCUT2D eigenvalue weighted by molar-refractivity contribution is 7.90.